The highest BCUT2D eigenvalue weighted by Crippen LogP contribution is 2.02. The van der Waals surface area contributed by atoms with Gasteiger partial charge in [0.05, 0.1) is 7.05 Å². The molecule has 11 heavy (non-hydrogen) atoms. The Labute approximate surface area is 63.9 Å². The Morgan fingerprint density at radius 2 is 2.36 bits per heavy atom. The number of hydrogen-bond donors (Lipinski definition) is 1. The molecule has 2 heterocycles. The van der Waals surface area contributed by atoms with Gasteiger partial charge in [0.15, 0.2) is 5.52 Å². The molecule has 0 aromatic carbocycles. The van der Waals surface area contributed by atoms with Crippen LogP contribution in [0.25, 0.3) is 11.2 Å². The Morgan fingerprint density at radius 3 is 3.18 bits per heavy atom. The Morgan fingerprint density at radius 1 is 1.55 bits per heavy atom. The fourth-order valence-corrected chi connectivity index (χ4v) is 1.07. The molecule has 0 aliphatic carbocycles. The third kappa shape index (κ3) is 0.960. The summed E-state index contributed by atoms with van der Waals surface area (Å²) in [6.07, 6.45) is 3.70. The van der Waals surface area contributed by atoms with E-state index in [1.54, 1.807) is 6.33 Å². The Balaban J connectivity index is 2.82. The van der Waals surface area contributed by atoms with E-state index >= 15 is 0 Å². The molecule has 0 atom stereocenters. The molecule has 4 nitrogen and oxygen atoms in total. The Kier molecular flexibility index (Phi) is 1.15. The number of hydrogen-bond acceptors (Lipinski definition) is 2. The van der Waals surface area contributed by atoms with E-state index in [4.69, 9.17) is 0 Å². The molecule has 0 spiro atoms. The van der Waals surface area contributed by atoms with Crippen LogP contribution in [0.2, 0.25) is 0 Å². The van der Waals surface area contributed by atoms with Crippen molar-refractivity contribution in [2.75, 3.05) is 0 Å². The van der Waals surface area contributed by atoms with E-state index in [2.05, 4.69) is 15.0 Å². The number of aromatic nitrogens is 4. The van der Waals surface area contributed by atoms with Gasteiger partial charge < -0.3 is 4.98 Å². The van der Waals surface area contributed by atoms with E-state index < -0.39 is 0 Å². The van der Waals surface area contributed by atoms with Crippen LogP contribution in [0.1, 0.15) is 5.82 Å². The van der Waals surface area contributed by atoms with Crippen molar-refractivity contribution in [1.29, 1.82) is 0 Å². The lowest BCUT2D eigenvalue weighted by molar-refractivity contribution is -0.673. The number of rotatable bonds is 0. The van der Waals surface area contributed by atoms with Crippen molar-refractivity contribution in [2.24, 2.45) is 7.05 Å². The highest BCUT2D eigenvalue weighted by atomic mass is 15.1. The van der Waals surface area contributed by atoms with Gasteiger partial charge in [0, 0.05) is 0 Å². The lowest BCUT2D eigenvalue weighted by Gasteiger charge is -1.83. The summed E-state index contributed by atoms with van der Waals surface area (Å²) in [5.41, 5.74) is 1.76. The molecular weight excluding hydrogens is 140 g/mol. The number of nitrogens with zero attached hydrogens (tertiary/aromatic N) is 3. The zero-order valence-electron chi connectivity index (χ0n) is 6.50. The minimum absolute atomic E-state index is 0.778. The minimum Gasteiger partial charge on any atom is -0.336 e. The quantitative estimate of drug-likeness (QED) is 0.539. The minimum atomic E-state index is 0.778. The van der Waals surface area contributed by atoms with Crippen LogP contribution in [-0.4, -0.2) is 15.0 Å². The number of fused-ring (bicyclic) bond motifs is 1. The predicted octanol–water partition coefficient (Wildman–Crippen LogP) is 0.0908. The predicted molar refractivity (Wildman–Crippen MR) is 39.8 cm³/mol. The fourth-order valence-electron chi connectivity index (χ4n) is 1.07. The van der Waals surface area contributed by atoms with Crippen molar-refractivity contribution in [2.45, 2.75) is 6.92 Å². The molecule has 0 saturated carbocycles. The fraction of sp³-hybridized carbons (Fsp3) is 0.286. The first-order valence-electron chi connectivity index (χ1n) is 3.43. The summed E-state index contributed by atoms with van der Waals surface area (Å²) in [7, 11) is 1.93. The third-order valence-corrected chi connectivity index (χ3v) is 1.52. The monoisotopic (exact) mass is 149 g/mol. The summed E-state index contributed by atoms with van der Waals surface area (Å²) >= 11 is 0. The van der Waals surface area contributed by atoms with Crippen molar-refractivity contribution in [3.8, 4) is 0 Å². The Hall–Kier alpha value is -1.45. The van der Waals surface area contributed by atoms with Gasteiger partial charge in [-0.05, 0) is 11.9 Å². The van der Waals surface area contributed by atoms with Gasteiger partial charge in [-0.15, -0.1) is 0 Å². The summed E-state index contributed by atoms with van der Waals surface area (Å²) in [4.78, 5) is 11.4. The Bertz CT molecular complexity index is 390. The lowest BCUT2D eigenvalue weighted by atomic mass is 10.6. The molecule has 2 aromatic heterocycles. The first-order chi connectivity index (χ1) is 5.25. The van der Waals surface area contributed by atoms with E-state index in [1.807, 2.05) is 24.7 Å². The van der Waals surface area contributed by atoms with E-state index in [9.17, 15) is 0 Å². The van der Waals surface area contributed by atoms with Crippen LogP contribution in [0.4, 0.5) is 0 Å². The zero-order chi connectivity index (χ0) is 7.84. The maximum atomic E-state index is 4.17. The molecule has 0 aliphatic heterocycles. The number of aromatic amines is 1. The molecule has 0 saturated heterocycles. The van der Waals surface area contributed by atoms with Gasteiger partial charge in [0.25, 0.3) is 12.0 Å². The highest BCUT2D eigenvalue weighted by Gasteiger charge is 2.05. The smallest absolute Gasteiger partial charge is 0.295 e. The van der Waals surface area contributed by atoms with Crippen LogP contribution in [0, 0.1) is 6.92 Å². The summed E-state index contributed by atoms with van der Waals surface area (Å²) in [5.74, 6) is 0.902. The maximum Gasteiger partial charge on any atom is 0.295 e. The molecule has 4 heteroatoms. The first kappa shape index (κ1) is 6.27. The SMILES string of the molecule is Cc1nc2nc[n+](C)cc2[nH]1. The van der Waals surface area contributed by atoms with Crippen LogP contribution >= 0.6 is 0 Å². The van der Waals surface area contributed by atoms with Gasteiger partial charge in [-0.2, -0.15) is 4.98 Å². The molecule has 56 valence electrons. The van der Waals surface area contributed by atoms with Crippen molar-refractivity contribution < 1.29 is 4.57 Å². The van der Waals surface area contributed by atoms with Gasteiger partial charge in [-0.1, -0.05) is 0 Å². The van der Waals surface area contributed by atoms with Crippen LogP contribution in [0.3, 0.4) is 0 Å². The number of imidazole rings is 1. The topological polar surface area (TPSA) is 45.5 Å². The van der Waals surface area contributed by atoms with E-state index in [1.165, 1.54) is 0 Å². The van der Waals surface area contributed by atoms with Crippen molar-refractivity contribution in [1.82, 2.24) is 15.0 Å². The van der Waals surface area contributed by atoms with Gasteiger partial charge in [-0.25, -0.2) is 4.57 Å². The van der Waals surface area contributed by atoms with E-state index in [0.29, 0.717) is 0 Å². The summed E-state index contributed by atoms with van der Waals surface area (Å²) < 4.78 is 1.89. The molecule has 0 unspecified atom stereocenters. The average Bonchev–Trinajstić information content (AvgIpc) is 2.27. The number of nitrogens with one attached hydrogen (secondary N) is 1. The van der Waals surface area contributed by atoms with Crippen molar-refractivity contribution in [3.05, 3.63) is 18.3 Å². The molecule has 0 bridgehead atoms. The second kappa shape index (κ2) is 2.02. The number of aryl methyl sites for hydroxylation is 2. The van der Waals surface area contributed by atoms with Crippen LogP contribution in [0.15, 0.2) is 12.5 Å². The summed E-state index contributed by atoms with van der Waals surface area (Å²) in [5, 5.41) is 0. The van der Waals surface area contributed by atoms with Crippen LogP contribution < -0.4 is 4.57 Å². The second-order valence-electron chi connectivity index (χ2n) is 2.60. The molecule has 2 rings (SSSR count). The molecule has 0 radical (unpaired) electrons. The second-order valence-corrected chi connectivity index (χ2v) is 2.60. The van der Waals surface area contributed by atoms with Gasteiger partial charge in [0.1, 0.15) is 12.0 Å². The summed E-state index contributed by atoms with van der Waals surface area (Å²) in [6, 6.07) is 0. The van der Waals surface area contributed by atoms with Crippen molar-refractivity contribution >= 4 is 11.2 Å². The average molecular weight is 149 g/mol. The maximum absolute atomic E-state index is 4.17. The van der Waals surface area contributed by atoms with Gasteiger partial charge >= 0.3 is 0 Å². The van der Waals surface area contributed by atoms with E-state index in [-0.39, 0.29) is 0 Å². The summed E-state index contributed by atoms with van der Waals surface area (Å²) in [6.45, 7) is 1.92. The highest BCUT2D eigenvalue weighted by molar-refractivity contribution is 5.67. The van der Waals surface area contributed by atoms with Gasteiger partial charge in [-0.3, -0.25) is 0 Å². The zero-order valence-corrected chi connectivity index (χ0v) is 6.50. The van der Waals surface area contributed by atoms with Crippen LogP contribution in [-0.2, 0) is 7.05 Å². The van der Waals surface area contributed by atoms with E-state index in [0.717, 1.165) is 17.0 Å². The first-order valence-corrected chi connectivity index (χ1v) is 3.43. The standard InChI is InChI=1S/C7H8N4/c1-5-9-6-3-11(2)4-8-7(6)10-5/h3-4H,1-2H3/p+1. The third-order valence-electron chi connectivity index (χ3n) is 1.52. The largest absolute Gasteiger partial charge is 0.336 e. The molecule has 2 aromatic rings. The molecule has 0 aliphatic rings. The van der Waals surface area contributed by atoms with Crippen molar-refractivity contribution in [3.63, 3.8) is 0 Å². The molecular formula is C7H9N4+. The lowest BCUT2D eigenvalue weighted by Crippen LogP contribution is -2.27. The molecule has 0 amide bonds. The molecule has 0 fully saturated rings. The normalized spacial score (nSPS) is 10.7. The van der Waals surface area contributed by atoms with Gasteiger partial charge in [0.2, 0.25) is 0 Å². The number of H-pyrrole nitrogens is 1. The molecule has 1 N–H and O–H groups in total. The van der Waals surface area contributed by atoms with Crippen LogP contribution in [0.5, 0.6) is 0 Å².